The molecule has 2 heterocycles. The third-order valence-corrected chi connectivity index (χ3v) is 10.1. The molecular weight excluding hydrogens is 538 g/mol. The summed E-state index contributed by atoms with van der Waals surface area (Å²) in [5.41, 5.74) is 9.45. The van der Waals surface area contributed by atoms with Crippen molar-refractivity contribution in [1.82, 2.24) is 20.5 Å². The van der Waals surface area contributed by atoms with Crippen molar-refractivity contribution in [2.45, 2.75) is 94.7 Å². The van der Waals surface area contributed by atoms with Crippen molar-refractivity contribution in [2.24, 2.45) is 11.7 Å². The van der Waals surface area contributed by atoms with Crippen LogP contribution in [0.15, 0.2) is 54.7 Å². The second kappa shape index (κ2) is 11.8. The monoisotopic (exact) mass is 583 g/mol. The molecule has 2 aromatic carbocycles. The van der Waals surface area contributed by atoms with Crippen molar-refractivity contribution < 1.29 is 14.4 Å². The van der Waals surface area contributed by atoms with Crippen LogP contribution in [0.4, 0.5) is 0 Å². The molecule has 0 radical (unpaired) electrons. The molecule has 3 aromatic rings. The van der Waals surface area contributed by atoms with E-state index < -0.39 is 11.6 Å². The lowest BCUT2D eigenvalue weighted by molar-refractivity contribution is -0.138. The van der Waals surface area contributed by atoms with Crippen LogP contribution in [-0.4, -0.2) is 52.3 Å². The first kappa shape index (κ1) is 29.4. The fourth-order valence-corrected chi connectivity index (χ4v) is 7.59. The zero-order valence-electron chi connectivity index (χ0n) is 25.5. The van der Waals surface area contributed by atoms with E-state index in [9.17, 15) is 14.4 Å². The fraction of sp³-hybridized carbons (Fsp3) is 0.514. The summed E-state index contributed by atoms with van der Waals surface area (Å²) in [5, 5.41) is 7.44. The summed E-state index contributed by atoms with van der Waals surface area (Å²) < 4.78 is 0. The van der Waals surface area contributed by atoms with Crippen molar-refractivity contribution in [3.05, 3.63) is 71.4 Å². The average Bonchev–Trinajstić information content (AvgIpc) is 3.55. The molecule has 3 aliphatic rings. The number of hydrogen-bond donors (Lipinski definition) is 4. The summed E-state index contributed by atoms with van der Waals surface area (Å²) >= 11 is 0. The number of hydrogen-bond acceptors (Lipinski definition) is 4. The molecule has 0 bridgehead atoms. The maximum atomic E-state index is 14.1. The van der Waals surface area contributed by atoms with Crippen LogP contribution >= 0.6 is 0 Å². The Bertz CT molecular complexity index is 1490. The number of aromatic nitrogens is 1. The first-order valence-corrected chi connectivity index (χ1v) is 16.0. The summed E-state index contributed by atoms with van der Waals surface area (Å²) in [5.74, 6) is -0.103. The topological polar surface area (TPSA) is 120 Å². The van der Waals surface area contributed by atoms with Gasteiger partial charge in [-0.05, 0) is 68.7 Å². The number of H-pyrrole nitrogens is 1. The summed E-state index contributed by atoms with van der Waals surface area (Å²) in [6.45, 7) is 4.51. The molecule has 1 saturated carbocycles. The number of para-hydroxylation sites is 1. The van der Waals surface area contributed by atoms with Gasteiger partial charge in [0.2, 0.25) is 17.7 Å². The van der Waals surface area contributed by atoms with E-state index in [1.54, 1.807) is 13.8 Å². The highest BCUT2D eigenvalue weighted by Crippen LogP contribution is 2.51. The molecule has 3 amide bonds. The molecule has 2 atom stereocenters. The lowest BCUT2D eigenvalue weighted by atomic mass is 9.73. The zero-order chi connectivity index (χ0) is 30.2. The van der Waals surface area contributed by atoms with E-state index in [0.29, 0.717) is 19.5 Å². The van der Waals surface area contributed by atoms with Gasteiger partial charge in [0.15, 0.2) is 0 Å². The van der Waals surface area contributed by atoms with Crippen LogP contribution in [0.5, 0.6) is 0 Å². The number of likely N-dealkylation sites (tertiary alicyclic amines) is 1. The number of carbonyl (C=O) groups excluding carboxylic acids is 3. The number of amides is 3. The van der Waals surface area contributed by atoms with Crippen LogP contribution < -0.4 is 16.4 Å². The Morgan fingerprint density at radius 3 is 2.47 bits per heavy atom. The molecule has 6 rings (SSSR count). The Labute approximate surface area is 254 Å². The van der Waals surface area contributed by atoms with Crippen molar-refractivity contribution in [3.8, 4) is 0 Å². The SMILES string of the molecule is CC(C)(N)C(=O)N[C@H](Cc1c[nH]c2ccccc12)C(=O)N1CCC2(CC1)CC(NC(=O)C1CCCCC1)c1ccccc12. The predicted octanol–water partition coefficient (Wildman–Crippen LogP) is 4.63. The zero-order valence-corrected chi connectivity index (χ0v) is 25.5. The van der Waals surface area contributed by atoms with Gasteiger partial charge >= 0.3 is 0 Å². The van der Waals surface area contributed by atoms with Crippen LogP contribution in [-0.2, 0) is 26.2 Å². The molecule has 1 unspecified atom stereocenters. The van der Waals surface area contributed by atoms with Crippen molar-refractivity contribution >= 4 is 28.6 Å². The van der Waals surface area contributed by atoms with Crippen molar-refractivity contribution in [2.75, 3.05) is 13.1 Å². The summed E-state index contributed by atoms with van der Waals surface area (Å²) in [6.07, 6.45) is 10.3. The number of benzene rings is 2. The second-order valence-electron chi connectivity index (χ2n) is 13.6. The van der Waals surface area contributed by atoms with E-state index in [2.05, 4.69) is 39.9 Å². The Kier molecular flexibility index (Phi) is 8.07. The number of fused-ring (bicyclic) bond motifs is 3. The number of nitrogens with two attached hydrogens (primary N) is 1. The van der Waals surface area contributed by atoms with E-state index in [4.69, 9.17) is 5.73 Å². The molecule has 2 aliphatic carbocycles. The van der Waals surface area contributed by atoms with E-state index in [1.807, 2.05) is 35.4 Å². The standard InChI is InChI=1S/C35H45N5O3/c1-34(2,36)33(43)39-29(20-24-22-37-28-15-9-7-12-25(24)28)32(42)40-18-16-35(17-19-40)21-30(26-13-6-8-14-27(26)35)38-31(41)23-10-4-3-5-11-23/h6-9,12-15,22-23,29-30,37H,3-5,10-11,16-21,36H2,1-2H3,(H,38,41)(H,39,43)/t29-,30?/m1/s1. The number of aromatic amines is 1. The van der Waals surface area contributed by atoms with Gasteiger partial charge in [-0.15, -0.1) is 0 Å². The molecule has 43 heavy (non-hydrogen) atoms. The Balaban J connectivity index is 1.17. The number of nitrogens with one attached hydrogen (secondary N) is 3. The molecule has 1 saturated heterocycles. The normalized spacial score (nSPS) is 21.0. The molecule has 5 N–H and O–H groups in total. The smallest absolute Gasteiger partial charge is 0.245 e. The molecule has 1 spiro atoms. The maximum absolute atomic E-state index is 14.1. The lowest BCUT2D eigenvalue weighted by Crippen LogP contribution is -2.58. The van der Waals surface area contributed by atoms with Crippen LogP contribution in [0.25, 0.3) is 10.9 Å². The molecule has 1 aromatic heterocycles. The van der Waals surface area contributed by atoms with E-state index in [1.165, 1.54) is 17.5 Å². The fourth-order valence-electron chi connectivity index (χ4n) is 7.59. The Hall–Kier alpha value is -3.65. The summed E-state index contributed by atoms with van der Waals surface area (Å²) in [4.78, 5) is 45.4. The van der Waals surface area contributed by atoms with Gasteiger partial charge in [-0.25, -0.2) is 0 Å². The number of piperidine rings is 1. The first-order chi connectivity index (χ1) is 20.6. The van der Waals surface area contributed by atoms with E-state index in [0.717, 1.165) is 61.4 Å². The third kappa shape index (κ3) is 5.94. The number of carbonyl (C=O) groups is 3. The average molecular weight is 584 g/mol. The molecule has 8 nitrogen and oxygen atoms in total. The number of rotatable bonds is 7. The highest BCUT2D eigenvalue weighted by Gasteiger charge is 2.47. The first-order valence-electron chi connectivity index (χ1n) is 16.0. The van der Waals surface area contributed by atoms with Crippen LogP contribution in [0.3, 0.4) is 0 Å². The maximum Gasteiger partial charge on any atom is 0.245 e. The van der Waals surface area contributed by atoms with Gasteiger partial charge < -0.3 is 26.3 Å². The molecule has 1 aliphatic heterocycles. The molecule has 2 fully saturated rings. The van der Waals surface area contributed by atoms with Crippen LogP contribution in [0.1, 0.15) is 87.9 Å². The predicted molar refractivity (Wildman–Crippen MR) is 168 cm³/mol. The van der Waals surface area contributed by atoms with Crippen LogP contribution in [0.2, 0.25) is 0 Å². The Morgan fingerprint density at radius 1 is 1.02 bits per heavy atom. The van der Waals surface area contributed by atoms with Crippen molar-refractivity contribution in [1.29, 1.82) is 0 Å². The van der Waals surface area contributed by atoms with Gasteiger partial charge in [-0.1, -0.05) is 61.7 Å². The minimum atomic E-state index is -1.10. The van der Waals surface area contributed by atoms with Crippen LogP contribution in [0, 0.1) is 5.92 Å². The minimum absolute atomic E-state index is 0.00794. The van der Waals surface area contributed by atoms with Gasteiger partial charge in [-0.2, -0.15) is 0 Å². The third-order valence-electron chi connectivity index (χ3n) is 10.1. The quantitative estimate of drug-likeness (QED) is 0.324. The van der Waals surface area contributed by atoms with E-state index in [-0.39, 0.29) is 35.1 Å². The van der Waals surface area contributed by atoms with Gasteiger partial charge in [0.1, 0.15) is 6.04 Å². The lowest BCUT2D eigenvalue weighted by Gasteiger charge is -2.41. The molecular formula is C35H45N5O3. The van der Waals surface area contributed by atoms with Gasteiger partial charge in [-0.3, -0.25) is 14.4 Å². The molecule has 8 heteroatoms. The second-order valence-corrected chi connectivity index (χ2v) is 13.6. The highest BCUT2D eigenvalue weighted by molar-refractivity contribution is 5.92. The van der Waals surface area contributed by atoms with E-state index >= 15 is 0 Å². The highest BCUT2D eigenvalue weighted by atomic mass is 16.2. The van der Waals surface area contributed by atoms with Gasteiger partial charge in [0.25, 0.3) is 0 Å². The number of nitrogens with zero attached hydrogens (tertiary/aromatic N) is 1. The summed E-state index contributed by atoms with van der Waals surface area (Å²) in [7, 11) is 0. The van der Waals surface area contributed by atoms with Gasteiger partial charge in [0.05, 0.1) is 11.6 Å². The summed E-state index contributed by atoms with van der Waals surface area (Å²) in [6, 6.07) is 15.8. The molecule has 228 valence electrons. The Morgan fingerprint density at radius 2 is 1.72 bits per heavy atom. The van der Waals surface area contributed by atoms with Crippen molar-refractivity contribution in [3.63, 3.8) is 0 Å². The van der Waals surface area contributed by atoms with Gasteiger partial charge in [0, 0.05) is 47.9 Å². The largest absolute Gasteiger partial charge is 0.361 e. The minimum Gasteiger partial charge on any atom is -0.361 e.